The van der Waals surface area contributed by atoms with E-state index in [1.54, 1.807) is 19.2 Å². The van der Waals surface area contributed by atoms with Crippen molar-refractivity contribution in [1.29, 1.82) is 5.26 Å². The fourth-order valence-electron chi connectivity index (χ4n) is 2.00. The molecule has 0 fully saturated rings. The fourth-order valence-corrected chi connectivity index (χ4v) is 2.00. The van der Waals surface area contributed by atoms with Crippen molar-refractivity contribution in [2.45, 2.75) is 6.04 Å². The third kappa shape index (κ3) is 3.18. The Hall–Kier alpha value is -2.87. The van der Waals surface area contributed by atoms with Crippen LogP contribution in [0.2, 0.25) is 0 Å². The number of anilines is 1. The molecule has 5 nitrogen and oxygen atoms in total. The lowest BCUT2D eigenvalue weighted by Crippen LogP contribution is -2.09. The first-order chi connectivity index (χ1) is 10.2. The molecule has 0 spiro atoms. The summed E-state index contributed by atoms with van der Waals surface area (Å²) >= 11 is 0. The van der Waals surface area contributed by atoms with Crippen molar-refractivity contribution in [3.8, 4) is 23.3 Å². The quantitative estimate of drug-likeness (QED) is 0.882. The van der Waals surface area contributed by atoms with Gasteiger partial charge >= 0.3 is 0 Å². The van der Waals surface area contributed by atoms with Gasteiger partial charge in [0, 0.05) is 0 Å². The molecular weight excluding hydrogens is 268 g/mol. The lowest BCUT2D eigenvalue weighted by Gasteiger charge is -2.16. The Morgan fingerprint density at radius 1 is 1.10 bits per heavy atom. The van der Waals surface area contributed by atoms with E-state index in [1.165, 1.54) is 13.2 Å². The number of aromatic hydroxyl groups is 1. The lowest BCUT2D eigenvalue weighted by molar-refractivity contribution is 0.373. The number of hydrogen-bond donors (Lipinski definition) is 2. The lowest BCUT2D eigenvalue weighted by atomic mass is 10.1. The molecule has 0 saturated carbocycles. The molecule has 0 amide bonds. The summed E-state index contributed by atoms with van der Waals surface area (Å²) in [5.41, 5.74) is 1.35. The summed E-state index contributed by atoms with van der Waals surface area (Å²) in [6.45, 7) is 0. The van der Waals surface area contributed by atoms with Gasteiger partial charge in [0.05, 0.1) is 26.0 Å². The molecule has 0 aliphatic rings. The smallest absolute Gasteiger partial charge is 0.160 e. The van der Waals surface area contributed by atoms with E-state index in [0.717, 1.165) is 0 Å². The standard InChI is InChI=1S/C16H16N2O3/c1-20-15-6-4-3-5-12(15)18-13(10-17)11-7-8-16(21-2)14(19)9-11/h3-9,13,18-19H,1-2H3. The number of benzene rings is 2. The fraction of sp³-hybridized carbons (Fsp3) is 0.188. The van der Waals surface area contributed by atoms with E-state index in [9.17, 15) is 10.4 Å². The average Bonchev–Trinajstić information content (AvgIpc) is 2.52. The van der Waals surface area contributed by atoms with Gasteiger partial charge < -0.3 is 19.9 Å². The molecule has 0 aliphatic carbocycles. The largest absolute Gasteiger partial charge is 0.504 e. The van der Waals surface area contributed by atoms with Gasteiger partial charge in [-0.05, 0) is 29.8 Å². The maximum atomic E-state index is 9.82. The van der Waals surface area contributed by atoms with Gasteiger partial charge in [-0.25, -0.2) is 0 Å². The third-order valence-corrected chi connectivity index (χ3v) is 3.07. The van der Waals surface area contributed by atoms with Crippen molar-refractivity contribution in [2.24, 2.45) is 0 Å². The van der Waals surface area contributed by atoms with Crippen LogP contribution in [0.1, 0.15) is 11.6 Å². The second kappa shape index (κ2) is 6.53. The van der Waals surface area contributed by atoms with E-state index < -0.39 is 6.04 Å². The molecule has 1 atom stereocenters. The highest BCUT2D eigenvalue weighted by molar-refractivity contribution is 5.59. The van der Waals surface area contributed by atoms with Crippen molar-refractivity contribution < 1.29 is 14.6 Å². The van der Waals surface area contributed by atoms with Crippen molar-refractivity contribution in [2.75, 3.05) is 19.5 Å². The number of rotatable bonds is 5. The SMILES string of the molecule is COc1ccc(C(C#N)Nc2ccccc2OC)cc1O. The van der Waals surface area contributed by atoms with Gasteiger partial charge in [0.2, 0.25) is 0 Å². The number of methoxy groups -OCH3 is 2. The van der Waals surface area contributed by atoms with E-state index >= 15 is 0 Å². The Morgan fingerprint density at radius 3 is 2.43 bits per heavy atom. The molecule has 2 rings (SSSR count). The molecule has 0 aromatic heterocycles. The Morgan fingerprint density at radius 2 is 1.81 bits per heavy atom. The number of ether oxygens (including phenoxy) is 2. The molecule has 2 aromatic rings. The predicted molar refractivity (Wildman–Crippen MR) is 79.6 cm³/mol. The number of nitrogens with one attached hydrogen (secondary N) is 1. The molecule has 0 saturated heterocycles. The molecule has 2 N–H and O–H groups in total. The minimum absolute atomic E-state index is 0.00271. The van der Waals surface area contributed by atoms with Crippen molar-refractivity contribution in [3.63, 3.8) is 0 Å². The molecule has 0 bridgehead atoms. The van der Waals surface area contributed by atoms with Crippen LogP contribution in [0.4, 0.5) is 5.69 Å². The van der Waals surface area contributed by atoms with Crippen LogP contribution >= 0.6 is 0 Å². The van der Waals surface area contributed by atoms with E-state index in [4.69, 9.17) is 9.47 Å². The van der Waals surface area contributed by atoms with Crippen LogP contribution in [0.5, 0.6) is 17.2 Å². The highest BCUT2D eigenvalue weighted by atomic mass is 16.5. The summed E-state index contributed by atoms with van der Waals surface area (Å²) in [6, 6.07) is 13.8. The third-order valence-electron chi connectivity index (χ3n) is 3.07. The van der Waals surface area contributed by atoms with Crippen LogP contribution < -0.4 is 14.8 Å². The molecule has 1 unspecified atom stereocenters. The van der Waals surface area contributed by atoms with Crippen LogP contribution in [0.3, 0.4) is 0 Å². The number of nitrogens with zero attached hydrogens (tertiary/aromatic N) is 1. The van der Waals surface area contributed by atoms with E-state index in [2.05, 4.69) is 11.4 Å². The van der Waals surface area contributed by atoms with Crippen molar-refractivity contribution >= 4 is 5.69 Å². The van der Waals surface area contributed by atoms with Gasteiger partial charge in [0.15, 0.2) is 11.5 Å². The predicted octanol–water partition coefficient (Wildman–Crippen LogP) is 3.09. The maximum Gasteiger partial charge on any atom is 0.160 e. The van der Waals surface area contributed by atoms with Gasteiger partial charge in [-0.15, -0.1) is 0 Å². The van der Waals surface area contributed by atoms with Crippen LogP contribution in [-0.4, -0.2) is 19.3 Å². The van der Waals surface area contributed by atoms with Crippen LogP contribution in [0.25, 0.3) is 0 Å². The number of phenolic OH excluding ortho intramolecular Hbond substituents is 1. The zero-order chi connectivity index (χ0) is 15.2. The van der Waals surface area contributed by atoms with Gasteiger partial charge in [0.25, 0.3) is 0 Å². The number of hydrogen-bond acceptors (Lipinski definition) is 5. The summed E-state index contributed by atoms with van der Waals surface area (Å²) < 4.78 is 10.2. The molecular formula is C16H16N2O3. The maximum absolute atomic E-state index is 9.82. The van der Waals surface area contributed by atoms with E-state index in [0.29, 0.717) is 22.7 Å². The Labute approximate surface area is 123 Å². The minimum atomic E-state index is -0.613. The van der Waals surface area contributed by atoms with Crippen LogP contribution in [0, 0.1) is 11.3 Å². The zero-order valence-electron chi connectivity index (χ0n) is 11.8. The van der Waals surface area contributed by atoms with Crippen molar-refractivity contribution in [3.05, 3.63) is 48.0 Å². The first-order valence-electron chi connectivity index (χ1n) is 6.35. The van der Waals surface area contributed by atoms with E-state index in [1.807, 2.05) is 24.3 Å². The highest BCUT2D eigenvalue weighted by Crippen LogP contribution is 2.32. The number of nitriles is 1. The summed E-state index contributed by atoms with van der Waals surface area (Å²) in [7, 11) is 3.05. The molecule has 108 valence electrons. The minimum Gasteiger partial charge on any atom is -0.504 e. The second-order valence-corrected chi connectivity index (χ2v) is 4.34. The van der Waals surface area contributed by atoms with Crippen LogP contribution in [-0.2, 0) is 0 Å². The molecule has 0 radical (unpaired) electrons. The first-order valence-corrected chi connectivity index (χ1v) is 6.35. The monoisotopic (exact) mass is 284 g/mol. The second-order valence-electron chi connectivity index (χ2n) is 4.34. The summed E-state index contributed by atoms with van der Waals surface area (Å²) in [6.07, 6.45) is 0. The summed E-state index contributed by atoms with van der Waals surface area (Å²) in [5.74, 6) is 1.01. The van der Waals surface area contributed by atoms with Gasteiger partial charge in [-0.2, -0.15) is 5.26 Å². The molecule has 21 heavy (non-hydrogen) atoms. The van der Waals surface area contributed by atoms with Crippen LogP contribution in [0.15, 0.2) is 42.5 Å². The zero-order valence-corrected chi connectivity index (χ0v) is 11.8. The molecule has 5 heteroatoms. The first kappa shape index (κ1) is 14.5. The van der Waals surface area contributed by atoms with Gasteiger partial charge in [0.1, 0.15) is 11.8 Å². The topological polar surface area (TPSA) is 74.5 Å². The Balaban J connectivity index is 2.28. The normalized spacial score (nSPS) is 11.3. The summed E-state index contributed by atoms with van der Waals surface area (Å²) in [4.78, 5) is 0. The molecule has 0 heterocycles. The highest BCUT2D eigenvalue weighted by Gasteiger charge is 2.14. The number of para-hydroxylation sites is 2. The van der Waals surface area contributed by atoms with Crippen molar-refractivity contribution in [1.82, 2.24) is 0 Å². The average molecular weight is 284 g/mol. The van der Waals surface area contributed by atoms with E-state index in [-0.39, 0.29) is 5.75 Å². The molecule has 2 aromatic carbocycles. The summed E-state index contributed by atoms with van der Waals surface area (Å²) in [5, 5.41) is 22.3. The Kier molecular flexibility index (Phi) is 4.52. The Bertz CT molecular complexity index is 665. The van der Waals surface area contributed by atoms with Gasteiger partial charge in [-0.1, -0.05) is 18.2 Å². The van der Waals surface area contributed by atoms with Gasteiger partial charge in [-0.3, -0.25) is 0 Å². The number of phenols is 1. The molecule has 0 aliphatic heterocycles.